The number of amides is 1. The van der Waals surface area contributed by atoms with E-state index in [0.717, 1.165) is 5.69 Å². The molecule has 2 nitrogen and oxygen atoms in total. The van der Waals surface area contributed by atoms with E-state index in [1.165, 1.54) is 4.31 Å². The van der Waals surface area contributed by atoms with Gasteiger partial charge in [-0.2, -0.15) is 0 Å². The van der Waals surface area contributed by atoms with E-state index in [1.807, 2.05) is 18.2 Å². The average molecular weight is 153 g/mol. The Morgan fingerprint density at radius 3 is 2.40 bits per heavy atom. The zero-order valence-electron chi connectivity index (χ0n) is 5.27. The van der Waals surface area contributed by atoms with E-state index >= 15 is 0 Å². The van der Waals surface area contributed by atoms with Crippen LogP contribution in [0, 0.1) is 0 Å². The Hall–Kier alpha value is -0.960. The van der Waals surface area contributed by atoms with Crippen LogP contribution in [0.5, 0.6) is 0 Å². The molecule has 0 aliphatic rings. The number of carbonyl (C=O) groups excluding carboxylic acids is 1. The zero-order chi connectivity index (χ0) is 7.40. The minimum Gasteiger partial charge on any atom is -0.277 e. The fourth-order valence-corrected chi connectivity index (χ4v) is 0.775. The highest BCUT2D eigenvalue weighted by atomic mass is 32.1. The maximum absolute atomic E-state index is 10.2. The number of para-hydroxylation sites is 1. The molecule has 0 aliphatic carbocycles. The highest BCUT2D eigenvalue weighted by Crippen LogP contribution is 2.11. The van der Waals surface area contributed by atoms with Gasteiger partial charge < -0.3 is 0 Å². The summed E-state index contributed by atoms with van der Waals surface area (Å²) in [5, 5.41) is 0. The van der Waals surface area contributed by atoms with Crippen LogP contribution in [0.1, 0.15) is 0 Å². The number of hydrogen-bond acceptors (Lipinski definition) is 2. The lowest BCUT2D eigenvalue weighted by molar-refractivity contribution is -0.106. The molecule has 0 radical (unpaired) electrons. The molecule has 1 amide bonds. The van der Waals surface area contributed by atoms with E-state index in [1.54, 1.807) is 12.1 Å². The lowest BCUT2D eigenvalue weighted by Gasteiger charge is -2.06. The minimum atomic E-state index is 0.651. The first-order valence-corrected chi connectivity index (χ1v) is 3.23. The van der Waals surface area contributed by atoms with Crippen LogP contribution in [-0.2, 0) is 4.79 Å². The number of thiol groups is 1. The molecule has 0 fully saturated rings. The van der Waals surface area contributed by atoms with Crippen molar-refractivity contribution < 1.29 is 4.79 Å². The third-order valence-corrected chi connectivity index (χ3v) is 1.45. The fourth-order valence-electron chi connectivity index (χ4n) is 0.642. The van der Waals surface area contributed by atoms with E-state index in [2.05, 4.69) is 12.8 Å². The highest BCUT2D eigenvalue weighted by molar-refractivity contribution is 7.82. The van der Waals surface area contributed by atoms with Crippen LogP contribution in [0.15, 0.2) is 30.3 Å². The second-order valence-electron chi connectivity index (χ2n) is 1.79. The quantitative estimate of drug-likeness (QED) is 0.504. The summed E-state index contributed by atoms with van der Waals surface area (Å²) in [4.78, 5) is 10.2. The van der Waals surface area contributed by atoms with Crippen molar-refractivity contribution in [2.24, 2.45) is 0 Å². The van der Waals surface area contributed by atoms with Crippen molar-refractivity contribution in [3.05, 3.63) is 30.3 Å². The first-order valence-electron chi connectivity index (χ1n) is 2.83. The average Bonchev–Trinajstić information content (AvgIpc) is 2.05. The molecule has 1 aromatic rings. The summed E-state index contributed by atoms with van der Waals surface area (Å²) in [6.45, 7) is 0. The van der Waals surface area contributed by atoms with Crippen LogP contribution in [0.4, 0.5) is 5.69 Å². The molecule has 0 aliphatic heterocycles. The summed E-state index contributed by atoms with van der Waals surface area (Å²) < 4.78 is 1.22. The molecule has 52 valence electrons. The second kappa shape index (κ2) is 3.27. The van der Waals surface area contributed by atoms with Crippen LogP contribution in [-0.4, -0.2) is 6.41 Å². The molecule has 0 spiro atoms. The number of nitrogens with zero attached hydrogens (tertiary/aromatic N) is 1. The molecule has 10 heavy (non-hydrogen) atoms. The van der Waals surface area contributed by atoms with Gasteiger partial charge >= 0.3 is 0 Å². The molecule has 0 saturated heterocycles. The Balaban J connectivity index is 2.84. The van der Waals surface area contributed by atoms with Gasteiger partial charge in [0.25, 0.3) is 0 Å². The van der Waals surface area contributed by atoms with Crippen LogP contribution in [0.2, 0.25) is 0 Å². The Kier molecular flexibility index (Phi) is 2.34. The molecule has 1 aromatic carbocycles. The first-order chi connectivity index (χ1) is 4.84. The third kappa shape index (κ3) is 1.51. The largest absolute Gasteiger partial charge is 0.277 e. The van der Waals surface area contributed by atoms with Gasteiger partial charge in [0.15, 0.2) is 0 Å². The second-order valence-corrected chi connectivity index (χ2v) is 2.22. The van der Waals surface area contributed by atoms with Crippen molar-refractivity contribution in [1.82, 2.24) is 0 Å². The normalized spacial score (nSPS) is 8.90. The lowest BCUT2D eigenvalue weighted by atomic mass is 10.3. The van der Waals surface area contributed by atoms with E-state index in [-0.39, 0.29) is 0 Å². The van der Waals surface area contributed by atoms with Gasteiger partial charge in [-0.1, -0.05) is 31.0 Å². The molecule has 1 rings (SSSR count). The molecule has 0 atom stereocenters. The summed E-state index contributed by atoms with van der Waals surface area (Å²) in [5.74, 6) is 0. The van der Waals surface area contributed by atoms with Crippen molar-refractivity contribution >= 4 is 24.9 Å². The molecular formula is C7H7NOS. The number of hydrogen-bond donors (Lipinski definition) is 1. The predicted octanol–water partition coefficient (Wildman–Crippen LogP) is 1.49. The van der Waals surface area contributed by atoms with Gasteiger partial charge in [0.2, 0.25) is 6.41 Å². The van der Waals surface area contributed by atoms with Crippen LogP contribution < -0.4 is 4.31 Å². The molecule has 0 N–H and O–H groups in total. The van der Waals surface area contributed by atoms with Crippen molar-refractivity contribution in [3.8, 4) is 0 Å². The third-order valence-electron chi connectivity index (χ3n) is 1.12. The molecule has 0 unspecified atom stereocenters. The molecule has 3 heteroatoms. The predicted molar refractivity (Wildman–Crippen MR) is 44.0 cm³/mol. The Morgan fingerprint density at radius 2 is 1.90 bits per heavy atom. The van der Waals surface area contributed by atoms with E-state index in [4.69, 9.17) is 0 Å². The number of benzene rings is 1. The van der Waals surface area contributed by atoms with Gasteiger partial charge in [0.1, 0.15) is 0 Å². The fraction of sp³-hybridized carbons (Fsp3) is 0. The van der Waals surface area contributed by atoms with Gasteiger partial charge in [-0.3, -0.25) is 9.10 Å². The summed E-state index contributed by atoms with van der Waals surface area (Å²) in [6.07, 6.45) is 0.651. The molecule has 0 bridgehead atoms. The standard InChI is InChI=1S/C7H7NOS/c9-6-8(10)7-4-2-1-3-5-7/h1-6,10H. The Bertz CT molecular complexity index is 212. The van der Waals surface area contributed by atoms with Crippen LogP contribution in [0.25, 0.3) is 0 Å². The lowest BCUT2D eigenvalue weighted by Crippen LogP contribution is -2.05. The van der Waals surface area contributed by atoms with Crippen LogP contribution in [0.3, 0.4) is 0 Å². The first kappa shape index (κ1) is 7.15. The molecule has 0 saturated carbocycles. The van der Waals surface area contributed by atoms with Crippen molar-refractivity contribution in [3.63, 3.8) is 0 Å². The summed E-state index contributed by atoms with van der Waals surface area (Å²) >= 11 is 3.88. The van der Waals surface area contributed by atoms with Crippen molar-refractivity contribution in [2.75, 3.05) is 4.31 Å². The maximum atomic E-state index is 10.2. The zero-order valence-corrected chi connectivity index (χ0v) is 6.16. The Morgan fingerprint density at radius 1 is 1.30 bits per heavy atom. The monoisotopic (exact) mass is 153 g/mol. The molecule has 0 heterocycles. The van der Waals surface area contributed by atoms with Gasteiger partial charge in [0.05, 0.1) is 5.69 Å². The van der Waals surface area contributed by atoms with E-state index in [9.17, 15) is 4.79 Å². The Labute approximate surface area is 65.0 Å². The van der Waals surface area contributed by atoms with E-state index in [0.29, 0.717) is 6.41 Å². The number of rotatable bonds is 2. The summed E-state index contributed by atoms with van der Waals surface area (Å²) in [5.41, 5.74) is 0.779. The van der Waals surface area contributed by atoms with Crippen LogP contribution >= 0.6 is 12.8 Å². The molecule has 0 aromatic heterocycles. The molecular weight excluding hydrogens is 146 g/mol. The highest BCUT2D eigenvalue weighted by Gasteiger charge is 1.94. The van der Waals surface area contributed by atoms with Crippen molar-refractivity contribution in [2.45, 2.75) is 0 Å². The van der Waals surface area contributed by atoms with Crippen molar-refractivity contribution in [1.29, 1.82) is 0 Å². The number of carbonyl (C=O) groups is 1. The SMILES string of the molecule is O=CN(S)c1ccccc1. The summed E-state index contributed by atoms with van der Waals surface area (Å²) in [6, 6.07) is 9.20. The summed E-state index contributed by atoms with van der Waals surface area (Å²) in [7, 11) is 0. The van der Waals surface area contributed by atoms with Gasteiger partial charge in [-0.25, -0.2) is 0 Å². The maximum Gasteiger partial charge on any atom is 0.224 e. The van der Waals surface area contributed by atoms with Gasteiger partial charge in [-0.15, -0.1) is 0 Å². The van der Waals surface area contributed by atoms with E-state index < -0.39 is 0 Å². The smallest absolute Gasteiger partial charge is 0.224 e. The number of anilines is 1. The van der Waals surface area contributed by atoms with Gasteiger partial charge in [-0.05, 0) is 12.1 Å². The van der Waals surface area contributed by atoms with Gasteiger partial charge in [0, 0.05) is 0 Å². The minimum absolute atomic E-state index is 0.651. The topological polar surface area (TPSA) is 20.3 Å².